The first-order valence-corrected chi connectivity index (χ1v) is 5.71. The van der Waals surface area contributed by atoms with Gasteiger partial charge < -0.3 is 15.4 Å². The highest BCUT2D eigenvalue weighted by molar-refractivity contribution is 5.80. The number of anilines is 1. The number of methoxy groups -OCH3 is 1. The monoisotopic (exact) mass is 247 g/mol. The first-order chi connectivity index (χ1) is 8.76. The molecule has 5 heteroatoms. The summed E-state index contributed by atoms with van der Waals surface area (Å²) in [5, 5.41) is 14.0. The molecule has 0 fully saturated rings. The smallest absolute Gasteiger partial charge is 0.239 e. The molecule has 96 valence electrons. The fourth-order valence-electron chi connectivity index (χ4n) is 1.44. The highest BCUT2D eigenvalue weighted by Gasteiger charge is 2.00. The summed E-state index contributed by atoms with van der Waals surface area (Å²) in [6, 6.07) is 9.66. The van der Waals surface area contributed by atoms with Crippen molar-refractivity contribution in [2.24, 2.45) is 0 Å². The molecule has 2 N–H and O–H groups in total. The second-order valence-corrected chi connectivity index (χ2v) is 3.75. The van der Waals surface area contributed by atoms with Crippen LogP contribution in [0.4, 0.5) is 5.69 Å². The molecule has 1 aromatic carbocycles. The van der Waals surface area contributed by atoms with E-state index in [2.05, 4.69) is 10.6 Å². The minimum absolute atomic E-state index is 0.123. The predicted molar refractivity (Wildman–Crippen MR) is 68.9 cm³/mol. The van der Waals surface area contributed by atoms with Crippen LogP contribution in [0.1, 0.15) is 12.0 Å². The number of nitrogens with zero attached hydrogens (tertiary/aromatic N) is 1. The summed E-state index contributed by atoms with van der Waals surface area (Å²) in [5.74, 6) is -0.123. The van der Waals surface area contributed by atoms with Crippen LogP contribution in [0.5, 0.6) is 0 Å². The van der Waals surface area contributed by atoms with E-state index in [1.165, 1.54) is 0 Å². The Balaban J connectivity index is 2.36. The number of hydrogen-bond acceptors (Lipinski definition) is 4. The van der Waals surface area contributed by atoms with Crippen LogP contribution in [0.2, 0.25) is 0 Å². The van der Waals surface area contributed by atoms with Crippen LogP contribution in [-0.2, 0) is 16.1 Å². The number of benzene rings is 1. The molecule has 0 spiro atoms. The molecule has 1 aromatic rings. The van der Waals surface area contributed by atoms with E-state index in [-0.39, 0.29) is 12.5 Å². The van der Waals surface area contributed by atoms with E-state index in [4.69, 9.17) is 10.00 Å². The topological polar surface area (TPSA) is 74.2 Å². The zero-order valence-corrected chi connectivity index (χ0v) is 10.4. The molecule has 18 heavy (non-hydrogen) atoms. The Morgan fingerprint density at radius 2 is 2.33 bits per heavy atom. The van der Waals surface area contributed by atoms with Crippen molar-refractivity contribution in [1.29, 1.82) is 5.26 Å². The lowest BCUT2D eigenvalue weighted by molar-refractivity contribution is -0.119. The fraction of sp³-hybridized carbons (Fsp3) is 0.385. The lowest BCUT2D eigenvalue weighted by atomic mass is 10.2. The van der Waals surface area contributed by atoms with Gasteiger partial charge in [-0.1, -0.05) is 12.1 Å². The number of rotatable bonds is 7. The lowest BCUT2D eigenvalue weighted by Crippen LogP contribution is -2.30. The Bertz CT molecular complexity index is 426. The number of carbonyl (C=O) groups is 1. The van der Waals surface area contributed by atoms with Crippen molar-refractivity contribution < 1.29 is 9.53 Å². The number of carbonyl (C=O) groups excluding carboxylic acids is 1. The number of nitrogens with one attached hydrogen (secondary N) is 2. The second kappa shape index (κ2) is 8.09. The van der Waals surface area contributed by atoms with Crippen molar-refractivity contribution in [3.63, 3.8) is 0 Å². The maximum Gasteiger partial charge on any atom is 0.239 e. The number of nitriles is 1. The number of hydrogen-bond donors (Lipinski definition) is 2. The van der Waals surface area contributed by atoms with Crippen molar-refractivity contribution >= 4 is 11.6 Å². The van der Waals surface area contributed by atoms with Gasteiger partial charge in [0.2, 0.25) is 5.91 Å². The maximum atomic E-state index is 11.4. The van der Waals surface area contributed by atoms with Gasteiger partial charge in [-0.25, -0.2) is 0 Å². The zero-order valence-electron chi connectivity index (χ0n) is 10.4. The van der Waals surface area contributed by atoms with Gasteiger partial charge in [-0.3, -0.25) is 4.79 Å². The van der Waals surface area contributed by atoms with Gasteiger partial charge in [-0.05, 0) is 17.7 Å². The van der Waals surface area contributed by atoms with Crippen LogP contribution in [-0.4, -0.2) is 26.1 Å². The van der Waals surface area contributed by atoms with Crippen LogP contribution in [0.25, 0.3) is 0 Å². The van der Waals surface area contributed by atoms with Crippen LogP contribution < -0.4 is 10.6 Å². The maximum absolute atomic E-state index is 11.4. The first kappa shape index (κ1) is 14.0. The van der Waals surface area contributed by atoms with Crippen molar-refractivity contribution in [2.45, 2.75) is 13.0 Å². The van der Waals surface area contributed by atoms with E-state index in [0.29, 0.717) is 19.6 Å². The average molecular weight is 247 g/mol. The Morgan fingerprint density at radius 1 is 1.50 bits per heavy atom. The van der Waals surface area contributed by atoms with E-state index in [1.54, 1.807) is 7.11 Å². The SMILES string of the molecule is COCc1cccc(NCC(=O)NCCC#N)c1. The predicted octanol–water partition coefficient (Wildman–Crippen LogP) is 1.27. The van der Waals surface area contributed by atoms with Crippen molar-refractivity contribution in [1.82, 2.24) is 5.32 Å². The minimum atomic E-state index is -0.123. The van der Waals surface area contributed by atoms with Crippen LogP contribution in [0, 0.1) is 11.3 Å². The van der Waals surface area contributed by atoms with E-state index >= 15 is 0 Å². The van der Waals surface area contributed by atoms with Crippen LogP contribution >= 0.6 is 0 Å². The first-order valence-electron chi connectivity index (χ1n) is 5.71. The normalized spacial score (nSPS) is 9.56. The molecule has 0 atom stereocenters. The van der Waals surface area contributed by atoms with Crippen LogP contribution in [0.15, 0.2) is 24.3 Å². The molecule has 0 aliphatic rings. The summed E-state index contributed by atoms with van der Waals surface area (Å²) in [6.45, 7) is 1.13. The molecule has 1 amide bonds. The van der Waals surface area contributed by atoms with Gasteiger partial charge in [0.1, 0.15) is 0 Å². The Morgan fingerprint density at radius 3 is 3.06 bits per heavy atom. The third-order valence-electron chi connectivity index (χ3n) is 2.25. The van der Waals surface area contributed by atoms with Gasteiger partial charge in [0.25, 0.3) is 0 Å². The van der Waals surface area contributed by atoms with Gasteiger partial charge in [0, 0.05) is 19.3 Å². The third kappa shape index (κ3) is 5.32. The summed E-state index contributed by atoms with van der Waals surface area (Å²) in [4.78, 5) is 11.4. The third-order valence-corrected chi connectivity index (χ3v) is 2.25. The van der Waals surface area contributed by atoms with E-state index in [1.807, 2.05) is 30.3 Å². The minimum Gasteiger partial charge on any atom is -0.380 e. The van der Waals surface area contributed by atoms with E-state index in [9.17, 15) is 4.79 Å². The number of amides is 1. The van der Waals surface area contributed by atoms with Gasteiger partial charge in [-0.2, -0.15) is 5.26 Å². The molecule has 5 nitrogen and oxygen atoms in total. The molecular weight excluding hydrogens is 230 g/mol. The molecule has 0 aliphatic carbocycles. The largest absolute Gasteiger partial charge is 0.380 e. The molecule has 0 radical (unpaired) electrons. The summed E-state index contributed by atoms with van der Waals surface area (Å²) >= 11 is 0. The van der Waals surface area contributed by atoms with Gasteiger partial charge in [-0.15, -0.1) is 0 Å². The summed E-state index contributed by atoms with van der Waals surface area (Å²) in [5.41, 5.74) is 1.92. The highest BCUT2D eigenvalue weighted by Crippen LogP contribution is 2.10. The fourth-order valence-corrected chi connectivity index (χ4v) is 1.44. The van der Waals surface area contributed by atoms with Crippen molar-refractivity contribution in [3.05, 3.63) is 29.8 Å². The second-order valence-electron chi connectivity index (χ2n) is 3.75. The molecule has 0 aromatic heterocycles. The Hall–Kier alpha value is -2.06. The molecular formula is C13H17N3O2. The van der Waals surface area contributed by atoms with E-state index in [0.717, 1.165) is 11.3 Å². The quantitative estimate of drug-likeness (QED) is 0.712. The van der Waals surface area contributed by atoms with Crippen molar-refractivity contribution in [3.8, 4) is 6.07 Å². The molecule has 0 saturated carbocycles. The highest BCUT2D eigenvalue weighted by atomic mass is 16.5. The Kier molecular flexibility index (Phi) is 6.30. The summed E-state index contributed by atoms with van der Waals surface area (Å²) in [7, 11) is 1.64. The van der Waals surface area contributed by atoms with Gasteiger partial charge in [0.15, 0.2) is 0 Å². The van der Waals surface area contributed by atoms with Gasteiger partial charge in [0.05, 0.1) is 25.6 Å². The standard InChI is InChI=1S/C13H17N3O2/c1-18-10-11-4-2-5-12(8-11)16-9-13(17)15-7-3-6-14/h2,4-5,8,16H,3,7,9-10H2,1H3,(H,15,17). The summed E-state index contributed by atoms with van der Waals surface area (Å²) in [6.07, 6.45) is 0.328. The average Bonchev–Trinajstić information content (AvgIpc) is 2.38. The van der Waals surface area contributed by atoms with Crippen LogP contribution in [0.3, 0.4) is 0 Å². The Labute approximate surface area is 107 Å². The molecule has 0 aliphatic heterocycles. The van der Waals surface area contributed by atoms with Crippen molar-refractivity contribution in [2.75, 3.05) is 25.5 Å². The summed E-state index contributed by atoms with van der Waals surface area (Å²) < 4.78 is 5.04. The van der Waals surface area contributed by atoms with Gasteiger partial charge >= 0.3 is 0 Å². The molecule has 0 heterocycles. The zero-order chi connectivity index (χ0) is 13.2. The molecule has 0 bridgehead atoms. The molecule has 0 saturated heterocycles. The molecule has 0 unspecified atom stereocenters. The lowest BCUT2D eigenvalue weighted by Gasteiger charge is -2.08. The van der Waals surface area contributed by atoms with E-state index < -0.39 is 0 Å². The molecule has 1 rings (SSSR count). The number of ether oxygens (including phenoxy) is 1.